The van der Waals surface area contributed by atoms with Crippen molar-refractivity contribution in [1.82, 2.24) is 0 Å². The fourth-order valence-corrected chi connectivity index (χ4v) is 2.12. The summed E-state index contributed by atoms with van der Waals surface area (Å²) in [6.45, 7) is 3.88. The van der Waals surface area contributed by atoms with Crippen molar-refractivity contribution in [3.05, 3.63) is 28.3 Å². The number of aromatic hydroxyl groups is 1. The van der Waals surface area contributed by atoms with Crippen LogP contribution in [0.4, 0.5) is 0 Å². The van der Waals surface area contributed by atoms with E-state index in [0.717, 1.165) is 28.7 Å². The SMILES string of the molecule is Cc1cc(C)c2c(c1O)/C(=N/O)CC2. The molecule has 0 saturated carbocycles. The lowest BCUT2D eigenvalue weighted by Gasteiger charge is -2.09. The van der Waals surface area contributed by atoms with E-state index in [1.807, 2.05) is 19.9 Å². The molecule has 2 N–H and O–H groups in total. The van der Waals surface area contributed by atoms with E-state index >= 15 is 0 Å². The van der Waals surface area contributed by atoms with Gasteiger partial charge in [0.05, 0.1) is 5.71 Å². The molecule has 14 heavy (non-hydrogen) atoms. The molecule has 1 aromatic carbocycles. The minimum Gasteiger partial charge on any atom is -0.507 e. The summed E-state index contributed by atoms with van der Waals surface area (Å²) in [6, 6.07) is 1.97. The first-order valence-corrected chi connectivity index (χ1v) is 4.68. The van der Waals surface area contributed by atoms with Crippen molar-refractivity contribution in [2.45, 2.75) is 26.7 Å². The van der Waals surface area contributed by atoms with Gasteiger partial charge in [0.1, 0.15) is 5.75 Å². The molecule has 1 aliphatic rings. The van der Waals surface area contributed by atoms with Crippen molar-refractivity contribution >= 4 is 5.71 Å². The quantitative estimate of drug-likeness (QED) is 0.487. The van der Waals surface area contributed by atoms with Crippen LogP contribution >= 0.6 is 0 Å². The number of oxime groups is 1. The number of phenolic OH excluding ortho intramolecular Hbond substituents is 1. The average molecular weight is 191 g/mol. The van der Waals surface area contributed by atoms with Gasteiger partial charge in [-0.3, -0.25) is 0 Å². The summed E-state index contributed by atoms with van der Waals surface area (Å²) in [5, 5.41) is 21.9. The summed E-state index contributed by atoms with van der Waals surface area (Å²) in [4.78, 5) is 0. The number of hydrogen-bond donors (Lipinski definition) is 2. The standard InChI is InChI=1S/C11H13NO2/c1-6-5-7(2)11(13)10-8(6)3-4-9(10)12-14/h5,13-14H,3-4H2,1-2H3/b12-9+. The number of phenols is 1. The summed E-state index contributed by atoms with van der Waals surface area (Å²) in [6.07, 6.45) is 1.57. The van der Waals surface area contributed by atoms with Crippen LogP contribution in [0.15, 0.2) is 11.2 Å². The largest absolute Gasteiger partial charge is 0.507 e. The minimum atomic E-state index is 0.260. The monoisotopic (exact) mass is 191 g/mol. The van der Waals surface area contributed by atoms with Crippen molar-refractivity contribution in [1.29, 1.82) is 0 Å². The average Bonchev–Trinajstić information content (AvgIpc) is 2.58. The predicted octanol–water partition coefficient (Wildman–Crippen LogP) is 2.13. The van der Waals surface area contributed by atoms with Crippen LogP contribution in [-0.4, -0.2) is 16.0 Å². The second kappa shape index (κ2) is 3.01. The predicted molar refractivity (Wildman–Crippen MR) is 54.2 cm³/mol. The van der Waals surface area contributed by atoms with Crippen molar-refractivity contribution in [3.63, 3.8) is 0 Å². The Morgan fingerprint density at radius 1 is 1.21 bits per heavy atom. The van der Waals surface area contributed by atoms with Crippen LogP contribution in [-0.2, 0) is 6.42 Å². The highest BCUT2D eigenvalue weighted by Gasteiger charge is 2.24. The number of rotatable bonds is 0. The molecule has 3 heteroatoms. The van der Waals surface area contributed by atoms with Gasteiger partial charge in [0.15, 0.2) is 0 Å². The van der Waals surface area contributed by atoms with E-state index in [-0.39, 0.29) is 5.75 Å². The highest BCUT2D eigenvalue weighted by atomic mass is 16.4. The van der Waals surface area contributed by atoms with E-state index in [4.69, 9.17) is 5.21 Å². The van der Waals surface area contributed by atoms with Gasteiger partial charge in [0, 0.05) is 5.56 Å². The fourth-order valence-electron chi connectivity index (χ4n) is 2.12. The Morgan fingerprint density at radius 3 is 2.57 bits per heavy atom. The molecule has 0 aliphatic heterocycles. The highest BCUT2D eigenvalue weighted by Crippen LogP contribution is 2.35. The zero-order chi connectivity index (χ0) is 10.3. The minimum absolute atomic E-state index is 0.260. The van der Waals surface area contributed by atoms with Crippen LogP contribution in [0.2, 0.25) is 0 Å². The molecule has 1 aliphatic carbocycles. The van der Waals surface area contributed by atoms with E-state index in [1.165, 1.54) is 0 Å². The van der Waals surface area contributed by atoms with Gasteiger partial charge >= 0.3 is 0 Å². The Morgan fingerprint density at radius 2 is 1.93 bits per heavy atom. The smallest absolute Gasteiger partial charge is 0.127 e. The van der Waals surface area contributed by atoms with E-state index in [2.05, 4.69) is 5.16 Å². The first-order chi connectivity index (χ1) is 6.65. The molecule has 0 amide bonds. The van der Waals surface area contributed by atoms with Gasteiger partial charge in [0.25, 0.3) is 0 Å². The van der Waals surface area contributed by atoms with Crippen LogP contribution in [0.25, 0.3) is 0 Å². The Labute approximate surface area is 82.7 Å². The first-order valence-electron chi connectivity index (χ1n) is 4.68. The summed E-state index contributed by atoms with van der Waals surface area (Å²) in [5.41, 5.74) is 4.45. The number of aryl methyl sites for hydroxylation is 2. The molecule has 0 heterocycles. The molecular weight excluding hydrogens is 178 g/mol. The number of fused-ring (bicyclic) bond motifs is 1. The summed E-state index contributed by atoms with van der Waals surface area (Å²) in [7, 11) is 0. The lowest BCUT2D eigenvalue weighted by atomic mass is 9.99. The lowest BCUT2D eigenvalue weighted by molar-refractivity contribution is 0.318. The normalized spacial score (nSPS) is 17.4. The maximum atomic E-state index is 9.85. The molecule has 0 aromatic heterocycles. The van der Waals surface area contributed by atoms with Gasteiger partial charge in [-0.05, 0) is 43.4 Å². The molecule has 1 aromatic rings. The van der Waals surface area contributed by atoms with E-state index in [1.54, 1.807) is 0 Å². The Kier molecular flexibility index (Phi) is 1.95. The van der Waals surface area contributed by atoms with E-state index in [9.17, 15) is 5.11 Å². The van der Waals surface area contributed by atoms with Gasteiger partial charge in [-0.1, -0.05) is 11.2 Å². The summed E-state index contributed by atoms with van der Waals surface area (Å²) in [5.74, 6) is 0.260. The lowest BCUT2D eigenvalue weighted by Crippen LogP contribution is -1.97. The highest BCUT2D eigenvalue weighted by molar-refractivity contribution is 6.07. The number of hydrogen-bond acceptors (Lipinski definition) is 3. The van der Waals surface area contributed by atoms with Gasteiger partial charge < -0.3 is 10.3 Å². The maximum absolute atomic E-state index is 9.85. The second-order valence-electron chi connectivity index (χ2n) is 3.76. The van der Waals surface area contributed by atoms with Crippen LogP contribution in [0.5, 0.6) is 5.75 Å². The maximum Gasteiger partial charge on any atom is 0.127 e. The van der Waals surface area contributed by atoms with E-state index < -0.39 is 0 Å². The summed E-state index contributed by atoms with van der Waals surface area (Å²) >= 11 is 0. The molecule has 0 unspecified atom stereocenters. The number of benzene rings is 1. The number of nitrogens with zero attached hydrogens (tertiary/aromatic N) is 1. The van der Waals surface area contributed by atoms with E-state index in [0.29, 0.717) is 12.1 Å². The third-order valence-corrected chi connectivity index (χ3v) is 2.84. The zero-order valence-corrected chi connectivity index (χ0v) is 8.33. The van der Waals surface area contributed by atoms with Gasteiger partial charge in [-0.2, -0.15) is 0 Å². The van der Waals surface area contributed by atoms with Crippen molar-refractivity contribution in [2.24, 2.45) is 5.16 Å². The van der Waals surface area contributed by atoms with Crippen molar-refractivity contribution < 1.29 is 10.3 Å². The third kappa shape index (κ3) is 1.09. The molecule has 3 nitrogen and oxygen atoms in total. The fraction of sp³-hybridized carbons (Fsp3) is 0.364. The van der Waals surface area contributed by atoms with Gasteiger partial charge in [0.2, 0.25) is 0 Å². The molecule has 0 fully saturated rings. The van der Waals surface area contributed by atoms with Gasteiger partial charge in [-0.25, -0.2) is 0 Å². The summed E-state index contributed by atoms with van der Waals surface area (Å²) < 4.78 is 0. The molecular formula is C11H13NO2. The Hall–Kier alpha value is -1.51. The topological polar surface area (TPSA) is 52.8 Å². The van der Waals surface area contributed by atoms with Crippen LogP contribution in [0, 0.1) is 13.8 Å². The van der Waals surface area contributed by atoms with Crippen LogP contribution < -0.4 is 0 Å². The molecule has 0 bridgehead atoms. The molecule has 0 saturated heterocycles. The first kappa shape index (κ1) is 9.06. The molecule has 2 rings (SSSR count). The van der Waals surface area contributed by atoms with Gasteiger partial charge in [-0.15, -0.1) is 0 Å². The molecule has 74 valence electrons. The van der Waals surface area contributed by atoms with Crippen LogP contribution in [0.3, 0.4) is 0 Å². The third-order valence-electron chi connectivity index (χ3n) is 2.84. The zero-order valence-electron chi connectivity index (χ0n) is 8.33. The molecule has 0 spiro atoms. The second-order valence-corrected chi connectivity index (χ2v) is 3.76. The molecule has 0 radical (unpaired) electrons. The van der Waals surface area contributed by atoms with Crippen LogP contribution in [0.1, 0.15) is 28.7 Å². The Bertz CT molecular complexity index is 422. The Balaban J connectivity index is 2.75. The van der Waals surface area contributed by atoms with Crippen molar-refractivity contribution in [3.8, 4) is 5.75 Å². The molecule has 0 atom stereocenters. The van der Waals surface area contributed by atoms with Crippen molar-refractivity contribution in [2.75, 3.05) is 0 Å².